The smallest absolute Gasteiger partial charge is 0.0930 e. The summed E-state index contributed by atoms with van der Waals surface area (Å²) in [5, 5.41) is 0. The average molecular weight is 176 g/mol. The lowest BCUT2D eigenvalue weighted by molar-refractivity contribution is 0.0788. The van der Waals surface area contributed by atoms with E-state index in [0.29, 0.717) is 0 Å². The molecule has 1 aromatic rings. The fourth-order valence-electron chi connectivity index (χ4n) is 1.96. The van der Waals surface area contributed by atoms with Crippen molar-refractivity contribution in [2.24, 2.45) is 0 Å². The molecule has 1 heteroatoms. The summed E-state index contributed by atoms with van der Waals surface area (Å²) in [7, 11) is 1.81. The van der Waals surface area contributed by atoms with Gasteiger partial charge >= 0.3 is 0 Å². The topological polar surface area (TPSA) is 9.23 Å². The average Bonchev–Trinajstić information content (AvgIpc) is 2.82. The number of hydrogen-bond acceptors (Lipinski definition) is 1. The molecule has 70 valence electrons. The Labute approximate surface area is 79.7 Å². The molecule has 0 aromatic heterocycles. The lowest BCUT2D eigenvalue weighted by Crippen LogP contribution is -2.09. The Balaban J connectivity index is 2.40. The molecule has 1 aromatic carbocycles. The zero-order valence-electron chi connectivity index (χ0n) is 8.55. The highest BCUT2D eigenvalue weighted by atomic mass is 16.5. The van der Waals surface area contributed by atoms with E-state index in [2.05, 4.69) is 32.0 Å². The monoisotopic (exact) mass is 176 g/mol. The van der Waals surface area contributed by atoms with Crippen LogP contribution in [0.3, 0.4) is 0 Å². The fourth-order valence-corrected chi connectivity index (χ4v) is 1.96. The van der Waals surface area contributed by atoms with E-state index in [9.17, 15) is 0 Å². The van der Waals surface area contributed by atoms with Gasteiger partial charge < -0.3 is 4.74 Å². The molecule has 0 atom stereocenters. The van der Waals surface area contributed by atoms with Gasteiger partial charge in [-0.3, -0.25) is 0 Å². The molecule has 0 unspecified atom stereocenters. The normalized spacial score (nSPS) is 18.7. The summed E-state index contributed by atoms with van der Waals surface area (Å²) >= 11 is 0. The van der Waals surface area contributed by atoms with Crippen LogP contribution in [0.2, 0.25) is 0 Å². The van der Waals surface area contributed by atoms with Gasteiger partial charge in [-0.25, -0.2) is 0 Å². The molecular weight excluding hydrogens is 160 g/mol. The van der Waals surface area contributed by atoms with Gasteiger partial charge in [-0.2, -0.15) is 0 Å². The summed E-state index contributed by atoms with van der Waals surface area (Å²) in [5.41, 5.74) is 4.08. The molecular formula is C12H16O. The largest absolute Gasteiger partial charge is 0.374 e. The molecule has 0 bridgehead atoms. The van der Waals surface area contributed by atoms with Gasteiger partial charge in [-0.15, -0.1) is 0 Å². The Bertz CT molecular complexity index is 304. The minimum absolute atomic E-state index is 0.0662. The van der Waals surface area contributed by atoms with Crippen molar-refractivity contribution in [3.8, 4) is 0 Å². The molecule has 13 heavy (non-hydrogen) atoms. The first kappa shape index (κ1) is 8.76. The predicted molar refractivity (Wildman–Crippen MR) is 53.8 cm³/mol. The summed E-state index contributed by atoms with van der Waals surface area (Å²) in [6, 6.07) is 6.68. The van der Waals surface area contributed by atoms with Crippen LogP contribution in [0.4, 0.5) is 0 Å². The first-order valence-corrected chi connectivity index (χ1v) is 4.80. The number of hydrogen-bond donors (Lipinski definition) is 0. The molecule has 0 saturated heterocycles. The van der Waals surface area contributed by atoms with E-state index in [4.69, 9.17) is 4.74 Å². The first-order chi connectivity index (χ1) is 6.16. The molecule has 0 radical (unpaired) electrons. The number of rotatable bonds is 2. The Kier molecular flexibility index (Phi) is 1.92. The van der Waals surface area contributed by atoms with E-state index in [0.717, 1.165) is 0 Å². The summed E-state index contributed by atoms with van der Waals surface area (Å²) in [6.45, 7) is 4.28. The second-order valence-corrected chi connectivity index (χ2v) is 4.07. The van der Waals surface area contributed by atoms with Crippen LogP contribution in [0.1, 0.15) is 29.5 Å². The highest BCUT2D eigenvalue weighted by Gasteiger charge is 2.44. The van der Waals surface area contributed by atoms with Crippen molar-refractivity contribution in [2.45, 2.75) is 32.3 Å². The lowest BCUT2D eigenvalue weighted by atomic mass is 10.0. The SMILES string of the molecule is COC1(c2cc(C)cc(C)c2)CC1. The van der Waals surface area contributed by atoms with Crippen LogP contribution >= 0.6 is 0 Å². The Morgan fingerprint density at radius 2 is 1.62 bits per heavy atom. The van der Waals surface area contributed by atoms with E-state index < -0.39 is 0 Å². The van der Waals surface area contributed by atoms with Crippen molar-refractivity contribution in [3.05, 3.63) is 34.9 Å². The molecule has 1 saturated carbocycles. The van der Waals surface area contributed by atoms with Gasteiger partial charge in [0.2, 0.25) is 0 Å². The molecule has 1 fully saturated rings. The van der Waals surface area contributed by atoms with E-state index in [1.165, 1.54) is 29.5 Å². The van der Waals surface area contributed by atoms with Gasteiger partial charge in [0.1, 0.15) is 0 Å². The number of ether oxygens (including phenoxy) is 1. The fraction of sp³-hybridized carbons (Fsp3) is 0.500. The summed E-state index contributed by atoms with van der Waals surface area (Å²) in [4.78, 5) is 0. The molecule has 1 nitrogen and oxygen atoms in total. The van der Waals surface area contributed by atoms with Gasteiger partial charge in [0.15, 0.2) is 0 Å². The third kappa shape index (κ3) is 1.49. The van der Waals surface area contributed by atoms with Crippen LogP contribution in [0, 0.1) is 13.8 Å². The second-order valence-electron chi connectivity index (χ2n) is 4.07. The van der Waals surface area contributed by atoms with Crippen molar-refractivity contribution in [3.63, 3.8) is 0 Å². The second kappa shape index (κ2) is 2.85. The van der Waals surface area contributed by atoms with Crippen LogP contribution in [0.25, 0.3) is 0 Å². The molecule has 2 rings (SSSR count). The molecule has 0 spiro atoms. The Morgan fingerprint density at radius 1 is 1.08 bits per heavy atom. The van der Waals surface area contributed by atoms with E-state index in [1.807, 2.05) is 7.11 Å². The van der Waals surface area contributed by atoms with E-state index in [1.54, 1.807) is 0 Å². The minimum Gasteiger partial charge on any atom is -0.374 e. The summed E-state index contributed by atoms with van der Waals surface area (Å²) in [6.07, 6.45) is 2.35. The zero-order chi connectivity index (χ0) is 9.47. The number of aryl methyl sites for hydroxylation is 2. The van der Waals surface area contributed by atoms with Crippen molar-refractivity contribution in [1.82, 2.24) is 0 Å². The molecule has 1 aliphatic rings. The highest BCUT2D eigenvalue weighted by molar-refractivity contribution is 5.35. The number of benzene rings is 1. The van der Waals surface area contributed by atoms with Crippen LogP contribution in [0.15, 0.2) is 18.2 Å². The predicted octanol–water partition coefficient (Wildman–Crippen LogP) is 2.94. The summed E-state index contributed by atoms with van der Waals surface area (Å²) in [5.74, 6) is 0. The van der Waals surface area contributed by atoms with Crippen molar-refractivity contribution in [2.75, 3.05) is 7.11 Å². The third-order valence-electron chi connectivity index (χ3n) is 2.84. The van der Waals surface area contributed by atoms with Crippen LogP contribution < -0.4 is 0 Å². The van der Waals surface area contributed by atoms with E-state index >= 15 is 0 Å². The van der Waals surface area contributed by atoms with Gasteiger partial charge in [-0.1, -0.05) is 29.3 Å². The maximum atomic E-state index is 5.54. The molecule has 0 heterocycles. The standard InChI is InChI=1S/C12H16O/c1-9-6-10(2)8-11(7-9)12(13-3)4-5-12/h6-8H,4-5H2,1-3H3. The molecule has 0 N–H and O–H groups in total. The number of methoxy groups -OCH3 is 1. The molecule has 0 amide bonds. The van der Waals surface area contributed by atoms with Crippen LogP contribution in [0.5, 0.6) is 0 Å². The molecule has 1 aliphatic carbocycles. The maximum absolute atomic E-state index is 5.54. The van der Waals surface area contributed by atoms with Gasteiger partial charge in [0.25, 0.3) is 0 Å². The van der Waals surface area contributed by atoms with Gasteiger partial charge in [0.05, 0.1) is 5.60 Å². The highest BCUT2D eigenvalue weighted by Crippen LogP contribution is 2.48. The summed E-state index contributed by atoms with van der Waals surface area (Å²) < 4.78 is 5.54. The van der Waals surface area contributed by atoms with Gasteiger partial charge in [-0.05, 0) is 32.3 Å². The minimum atomic E-state index is 0.0662. The molecule has 0 aliphatic heterocycles. The third-order valence-corrected chi connectivity index (χ3v) is 2.84. The van der Waals surface area contributed by atoms with E-state index in [-0.39, 0.29) is 5.60 Å². The van der Waals surface area contributed by atoms with Crippen molar-refractivity contribution >= 4 is 0 Å². The van der Waals surface area contributed by atoms with Crippen molar-refractivity contribution in [1.29, 1.82) is 0 Å². The van der Waals surface area contributed by atoms with Gasteiger partial charge in [0, 0.05) is 7.11 Å². The zero-order valence-corrected chi connectivity index (χ0v) is 8.55. The Morgan fingerprint density at radius 3 is 2.00 bits per heavy atom. The lowest BCUT2D eigenvalue weighted by Gasteiger charge is -2.15. The van der Waals surface area contributed by atoms with Crippen LogP contribution in [-0.4, -0.2) is 7.11 Å². The van der Waals surface area contributed by atoms with Crippen LogP contribution in [-0.2, 0) is 10.3 Å². The maximum Gasteiger partial charge on any atom is 0.0930 e. The quantitative estimate of drug-likeness (QED) is 0.673. The van der Waals surface area contributed by atoms with Crippen molar-refractivity contribution < 1.29 is 4.74 Å². The Hall–Kier alpha value is -0.820. The first-order valence-electron chi connectivity index (χ1n) is 4.80.